The maximum atomic E-state index is 11.9. The van der Waals surface area contributed by atoms with Crippen LogP contribution in [-0.4, -0.2) is 39.4 Å². The van der Waals surface area contributed by atoms with E-state index < -0.39 is 34.4 Å². The minimum atomic E-state index is -3.72. The van der Waals surface area contributed by atoms with Crippen LogP contribution in [0.1, 0.15) is 22.3 Å². The van der Waals surface area contributed by atoms with Crippen molar-refractivity contribution in [2.75, 3.05) is 13.2 Å². The number of carbonyl (C=O) groups is 3. The van der Waals surface area contributed by atoms with Crippen LogP contribution in [0.3, 0.4) is 0 Å². The Morgan fingerprint density at radius 1 is 0.931 bits per heavy atom. The summed E-state index contributed by atoms with van der Waals surface area (Å²) in [6.07, 6.45) is 1.16. The molecule has 0 radical (unpaired) electrons. The molecule has 152 valence electrons. The number of amides is 2. The van der Waals surface area contributed by atoms with Crippen LogP contribution in [-0.2, 0) is 24.3 Å². The van der Waals surface area contributed by atoms with Gasteiger partial charge in [0.15, 0.2) is 6.61 Å². The highest BCUT2D eigenvalue weighted by molar-refractivity contribution is 7.92. The Morgan fingerprint density at radius 3 is 2.21 bits per heavy atom. The van der Waals surface area contributed by atoms with Crippen molar-refractivity contribution in [2.45, 2.75) is 6.42 Å². The summed E-state index contributed by atoms with van der Waals surface area (Å²) in [4.78, 5) is 35.1. The predicted molar refractivity (Wildman–Crippen MR) is 107 cm³/mol. The van der Waals surface area contributed by atoms with Crippen LogP contribution in [0.4, 0.5) is 0 Å². The first-order chi connectivity index (χ1) is 13.9. The van der Waals surface area contributed by atoms with Crippen molar-refractivity contribution in [3.63, 3.8) is 0 Å². The molecule has 2 N–H and O–H groups in total. The molecule has 0 unspecified atom stereocenters. The monoisotopic (exact) mass is 416 g/mol. The van der Waals surface area contributed by atoms with E-state index in [0.717, 1.165) is 5.41 Å². The summed E-state index contributed by atoms with van der Waals surface area (Å²) in [5, 5.41) is 3.08. The SMILES string of the molecule is O=C(COC(=O)CCNS(=O)(=O)/C=C/c1ccccc1)NC(=O)c1ccccc1. The van der Waals surface area contributed by atoms with Crippen LogP contribution >= 0.6 is 0 Å². The average Bonchev–Trinajstić information content (AvgIpc) is 2.72. The maximum Gasteiger partial charge on any atom is 0.307 e. The van der Waals surface area contributed by atoms with Gasteiger partial charge >= 0.3 is 5.97 Å². The Hall–Kier alpha value is -3.30. The Balaban J connectivity index is 1.68. The fourth-order valence-corrected chi connectivity index (χ4v) is 2.94. The first-order valence-electron chi connectivity index (χ1n) is 8.63. The van der Waals surface area contributed by atoms with Gasteiger partial charge in [0.05, 0.1) is 6.42 Å². The van der Waals surface area contributed by atoms with E-state index in [1.54, 1.807) is 42.5 Å². The van der Waals surface area contributed by atoms with E-state index in [1.807, 2.05) is 6.07 Å². The summed E-state index contributed by atoms with van der Waals surface area (Å²) >= 11 is 0. The molecule has 2 amide bonds. The Bertz CT molecular complexity index is 973. The molecule has 0 saturated heterocycles. The Kier molecular flexibility index (Phi) is 8.26. The third kappa shape index (κ3) is 8.50. The standard InChI is InChI=1S/C20H20N2O6S/c23-18(22-20(25)17-9-5-2-6-10-17)15-28-19(24)11-13-21-29(26,27)14-12-16-7-3-1-4-8-16/h1-10,12,14,21H,11,13,15H2,(H,22,23,25)/b14-12+. The van der Waals surface area contributed by atoms with Gasteiger partial charge in [-0.15, -0.1) is 0 Å². The molecular weight excluding hydrogens is 396 g/mol. The first kappa shape index (κ1) is 22.0. The average molecular weight is 416 g/mol. The van der Waals surface area contributed by atoms with Crippen molar-refractivity contribution in [3.8, 4) is 0 Å². The Labute approximate surface area is 168 Å². The van der Waals surface area contributed by atoms with Crippen molar-refractivity contribution in [1.29, 1.82) is 0 Å². The molecule has 0 spiro atoms. The van der Waals surface area contributed by atoms with Gasteiger partial charge in [0.1, 0.15) is 0 Å². The van der Waals surface area contributed by atoms with Gasteiger partial charge in [0.2, 0.25) is 10.0 Å². The lowest BCUT2D eigenvalue weighted by atomic mass is 10.2. The summed E-state index contributed by atoms with van der Waals surface area (Å²) < 4.78 is 30.7. The van der Waals surface area contributed by atoms with Crippen LogP contribution in [0, 0.1) is 0 Å². The summed E-state index contributed by atoms with van der Waals surface area (Å²) in [6, 6.07) is 17.0. The topological polar surface area (TPSA) is 119 Å². The number of hydrogen-bond donors (Lipinski definition) is 2. The molecule has 2 aromatic carbocycles. The lowest BCUT2D eigenvalue weighted by Gasteiger charge is -2.06. The number of nitrogens with one attached hydrogen (secondary N) is 2. The lowest BCUT2D eigenvalue weighted by molar-refractivity contribution is -0.148. The number of esters is 1. The molecule has 8 nitrogen and oxygen atoms in total. The second-order valence-electron chi connectivity index (χ2n) is 5.81. The van der Waals surface area contributed by atoms with E-state index >= 15 is 0 Å². The molecule has 0 aliphatic heterocycles. The van der Waals surface area contributed by atoms with Crippen molar-refractivity contribution in [2.24, 2.45) is 0 Å². The second-order valence-corrected chi connectivity index (χ2v) is 7.46. The van der Waals surface area contributed by atoms with Crippen molar-refractivity contribution in [3.05, 3.63) is 77.2 Å². The fourth-order valence-electron chi connectivity index (χ4n) is 2.12. The molecule has 0 heterocycles. The summed E-state index contributed by atoms with van der Waals surface area (Å²) in [7, 11) is -3.72. The smallest absolute Gasteiger partial charge is 0.307 e. The van der Waals surface area contributed by atoms with Crippen molar-refractivity contribution < 1.29 is 27.5 Å². The quantitative estimate of drug-likeness (QED) is 0.598. The predicted octanol–water partition coefficient (Wildman–Crippen LogP) is 1.47. The molecule has 0 fully saturated rings. The zero-order valence-corrected chi connectivity index (χ0v) is 16.2. The molecule has 29 heavy (non-hydrogen) atoms. The molecule has 0 atom stereocenters. The molecule has 0 saturated carbocycles. The highest BCUT2D eigenvalue weighted by atomic mass is 32.2. The molecule has 0 aliphatic carbocycles. The van der Waals surface area contributed by atoms with Gasteiger partial charge in [-0.3, -0.25) is 19.7 Å². The lowest BCUT2D eigenvalue weighted by Crippen LogP contribution is -2.34. The Morgan fingerprint density at radius 2 is 1.55 bits per heavy atom. The van der Waals surface area contributed by atoms with Crippen LogP contribution in [0.2, 0.25) is 0 Å². The van der Waals surface area contributed by atoms with E-state index in [0.29, 0.717) is 11.1 Å². The van der Waals surface area contributed by atoms with Gasteiger partial charge in [-0.2, -0.15) is 0 Å². The number of sulfonamides is 1. The van der Waals surface area contributed by atoms with Gasteiger partial charge < -0.3 is 4.74 Å². The zero-order chi connectivity index (χ0) is 21.1. The molecule has 0 aliphatic rings. The normalized spacial score (nSPS) is 11.2. The van der Waals surface area contributed by atoms with Crippen LogP contribution < -0.4 is 10.0 Å². The number of ether oxygens (including phenoxy) is 1. The highest BCUT2D eigenvalue weighted by Crippen LogP contribution is 2.03. The second kappa shape index (κ2) is 10.9. The molecule has 2 rings (SSSR count). The van der Waals surface area contributed by atoms with Gasteiger partial charge in [0, 0.05) is 17.5 Å². The van der Waals surface area contributed by atoms with Crippen LogP contribution in [0.15, 0.2) is 66.1 Å². The van der Waals surface area contributed by atoms with Gasteiger partial charge in [0.25, 0.3) is 11.8 Å². The van der Waals surface area contributed by atoms with E-state index in [1.165, 1.54) is 18.2 Å². The van der Waals surface area contributed by atoms with E-state index in [-0.39, 0.29) is 13.0 Å². The summed E-state index contributed by atoms with van der Waals surface area (Å²) in [5.41, 5.74) is 1.01. The third-order valence-corrected chi connectivity index (χ3v) is 4.63. The fraction of sp³-hybridized carbons (Fsp3) is 0.150. The molecule has 0 aromatic heterocycles. The third-order valence-electron chi connectivity index (χ3n) is 3.52. The van der Waals surface area contributed by atoms with Crippen LogP contribution in [0.5, 0.6) is 0 Å². The molecule has 0 bridgehead atoms. The van der Waals surface area contributed by atoms with E-state index in [4.69, 9.17) is 4.74 Å². The van der Waals surface area contributed by atoms with Gasteiger partial charge in [-0.25, -0.2) is 13.1 Å². The maximum absolute atomic E-state index is 11.9. The van der Waals surface area contributed by atoms with Crippen molar-refractivity contribution >= 4 is 33.9 Å². The summed E-state index contributed by atoms with van der Waals surface area (Å²) in [6.45, 7) is -0.830. The first-order valence-corrected chi connectivity index (χ1v) is 10.2. The minimum absolute atomic E-state index is 0.190. The summed E-state index contributed by atoms with van der Waals surface area (Å²) in [5.74, 6) is -2.16. The van der Waals surface area contributed by atoms with Crippen molar-refractivity contribution in [1.82, 2.24) is 10.0 Å². The van der Waals surface area contributed by atoms with Gasteiger partial charge in [-0.05, 0) is 23.8 Å². The number of imide groups is 1. The van der Waals surface area contributed by atoms with E-state index in [9.17, 15) is 22.8 Å². The molecular formula is C20H20N2O6S. The van der Waals surface area contributed by atoms with Crippen LogP contribution in [0.25, 0.3) is 6.08 Å². The molecule has 2 aromatic rings. The van der Waals surface area contributed by atoms with E-state index in [2.05, 4.69) is 10.0 Å². The zero-order valence-electron chi connectivity index (χ0n) is 15.4. The number of carbonyl (C=O) groups excluding carboxylic acids is 3. The number of benzene rings is 2. The van der Waals surface area contributed by atoms with Gasteiger partial charge in [-0.1, -0.05) is 48.5 Å². The largest absolute Gasteiger partial charge is 0.456 e. The molecule has 9 heteroatoms. The highest BCUT2D eigenvalue weighted by Gasteiger charge is 2.13. The minimum Gasteiger partial charge on any atom is -0.456 e. The number of hydrogen-bond acceptors (Lipinski definition) is 6. The number of rotatable bonds is 9.